The summed E-state index contributed by atoms with van der Waals surface area (Å²) >= 11 is 6.19. The second-order valence-corrected chi connectivity index (χ2v) is 10.1. The number of primary amides is 1. The highest BCUT2D eigenvalue weighted by molar-refractivity contribution is 7.89. The van der Waals surface area contributed by atoms with E-state index in [1.807, 2.05) is 18.2 Å². The molecule has 1 aromatic carbocycles. The van der Waals surface area contributed by atoms with E-state index in [9.17, 15) is 18.0 Å². The molecule has 2 N–H and O–H groups in total. The third kappa shape index (κ3) is 4.65. The Balaban J connectivity index is 1.40. The van der Waals surface area contributed by atoms with Crippen LogP contribution in [-0.4, -0.2) is 70.0 Å². The van der Waals surface area contributed by atoms with Crippen LogP contribution in [0.25, 0.3) is 0 Å². The molecule has 1 aliphatic heterocycles. The number of aryl methyl sites for hydroxylation is 1. The summed E-state index contributed by atoms with van der Waals surface area (Å²) in [6.07, 6.45) is 4.52. The molecule has 174 valence electrons. The number of nitrogens with two attached hydrogens (primary N) is 1. The van der Waals surface area contributed by atoms with Gasteiger partial charge in [0.15, 0.2) is 0 Å². The van der Waals surface area contributed by atoms with Crippen molar-refractivity contribution in [1.82, 2.24) is 23.6 Å². The molecule has 0 aliphatic carbocycles. The van der Waals surface area contributed by atoms with Crippen molar-refractivity contribution >= 4 is 33.4 Å². The Hall–Kier alpha value is -3.15. The van der Waals surface area contributed by atoms with Gasteiger partial charge in [-0.2, -0.15) is 9.40 Å². The maximum absolute atomic E-state index is 13.0. The number of amides is 2. The van der Waals surface area contributed by atoms with Crippen molar-refractivity contribution in [3.05, 3.63) is 70.8 Å². The average molecular weight is 491 g/mol. The Bertz CT molecular complexity index is 1310. The minimum Gasteiger partial charge on any atom is -0.364 e. The first kappa shape index (κ1) is 23.0. The molecule has 2 aromatic heterocycles. The number of nitrogens with zero attached hydrogens (tertiary/aromatic N) is 5. The van der Waals surface area contributed by atoms with Crippen LogP contribution in [0, 0.1) is 0 Å². The molecule has 2 amide bonds. The lowest BCUT2D eigenvalue weighted by Crippen LogP contribution is -2.50. The minimum absolute atomic E-state index is 0.000532. The zero-order valence-corrected chi connectivity index (χ0v) is 19.5. The van der Waals surface area contributed by atoms with E-state index in [1.165, 1.54) is 27.3 Å². The van der Waals surface area contributed by atoms with Crippen LogP contribution < -0.4 is 5.73 Å². The summed E-state index contributed by atoms with van der Waals surface area (Å²) in [5.41, 5.74) is 6.70. The van der Waals surface area contributed by atoms with Crippen LogP contribution in [-0.2, 0) is 23.6 Å². The van der Waals surface area contributed by atoms with Gasteiger partial charge >= 0.3 is 0 Å². The van der Waals surface area contributed by atoms with Gasteiger partial charge in [0.05, 0.1) is 18.3 Å². The third-order valence-corrected chi connectivity index (χ3v) is 7.80. The van der Waals surface area contributed by atoms with Gasteiger partial charge in [-0.15, -0.1) is 0 Å². The van der Waals surface area contributed by atoms with Crippen molar-refractivity contribution in [2.24, 2.45) is 12.8 Å². The van der Waals surface area contributed by atoms with E-state index in [2.05, 4.69) is 5.10 Å². The number of hydrogen-bond acceptors (Lipinski definition) is 5. The van der Waals surface area contributed by atoms with Gasteiger partial charge in [-0.25, -0.2) is 8.42 Å². The first-order chi connectivity index (χ1) is 15.7. The van der Waals surface area contributed by atoms with Gasteiger partial charge in [-0.3, -0.25) is 14.3 Å². The van der Waals surface area contributed by atoms with Crippen LogP contribution in [0.2, 0.25) is 5.02 Å². The predicted molar refractivity (Wildman–Crippen MR) is 121 cm³/mol. The molecule has 0 saturated carbocycles. The minimum atomic E-state index is -3.81. The number of sulfonamides is 1. The summed E-state index contributed by atoms with van der Waals surface area (Å²) in [5.74, 6) is -0.919. The molecule has 4 rings (SSSR count). The average Bonchev–Trinajstić information content (AvgIpc) is 3.42. The van der Waals surface area contributed by atoms with E-state index in [-0.39, 0.29) is 42.7 Å². The molecule has 33 heavy (non-hydrogen) atoms. The summed E-state index contributed by atoms with van der Waals surface area (Å²) in [5, 5.41) is 4.88. The van der Waals surface area contributed by atoms with Gasteiger partial charge in [0.2, 0.25) is 10.0 Å². The van der Waals surface area contributed by atoms with Crippen LogP contribution in [0.1, 0.15) is 26.4 Å². The van der Waals surface area contributed by atoms with Crippen molar-refractivity contribution < 1.29 is 18.0 Å². The molecule has 0 unspecified atom stereocenters. The van der Waals surface area contributed by atoms with E-state index < -0.39 is 15.9 Å². The molecule has 12 heteroatoms. The molecular formula is C21H23ClN6O4S. The molecule has 1 saturated heterocycles. The van der Waals surface area contributed by atoms with Crippen LogP contribution in [0.3, 0.4) is 0 Å². The van der Waals surface area contributed by atoms with Crippen LogP contribution in [0.15, 0.2) is 53.8 Å². The largest absolute Gasteiger partial charge is 0.364 e. The summed E-state index contributed by atoms with van der Waals surface area (Å²) in [6, 6.07) is 8.68. The molecule has 3 aromatic rings. The number of hydrogen-bond donors (Lipinski definition) is 1. The predicted octanol–water partition coefficient (Wildman–Crippen LogP) is 1.17. The maximum atomic E-state index is 13.0. The Morgan fingerprint density at radius 2 is 1.82 bits per heavy atom. The number of piperazine rings is 1. The molecule has 3 heterocycles. The number of rotatable bonds is 6. The van der Waals surface area contributed by atoms with E-state index in [4.69, 9.17) is 17.3 Å². The summed E-state index contributed by atoms with van der Waals surface area (Å²) in [6.45, 7) is 1.20. The van der Waals surface area contributed by atoms with Gasteiger partial charge in [0, 0.05) is 50.6 Å². The highest BCUT2D eigenvalue weighted by Crippen LogP contribution is 2.21. The SMILES string of the molecule is Cn1cc(S(=O)(=O)N2CCN(C(=O)c3cnn(Cc4ccccc4Cl)c3)CC2)cc1C(N)=O. The van der Waals surface area contributed by atoms with Gasteiger partial charge in [-0.1, -0.05) is 29.8 Å². The Kier molecular flexibility index (Phi) is 6.28. The van der Waals surface area contributed by atoms with E-state index in [1.54, 1.807) is 28.9 Å². The maximum Gasteiger partial charge on any atom is 0.265 e. The lowest BCUT2D eigenvalue weighted by molar-refractivity contribution is 0.0697. The monoisotopic (exact) mass is 490 g/mol. The highest BCUT2D eigenvalue weighted by atomic mass is 35.5. The van der Waals surface area contributed by atoms with E-state index in [0.717, 1.165) is 5.56 Å². The second kappa shape index (κ2) is 9.00. The Labute approximate surface area is 196 Å². The van der Waals surface area contributed by atoms with Gasteiger partial charge < -0.3 is 15.2 Å². The van der Waals surface area contributed by atoms with Gasteiger partial charge in [-0.05, 0) is 17.7 Å². The van der Waals surface area contributed by atoms with E-state index in [0.29, 0.717) is 17.1 Å². The van der Waals surface area contributed by atoms with Gasteiger partial charge in [0.1, 0.15) is 10.6 Å². The van der Waals surface area contributed by atoms with Crippen LogP contribution in [0.4, 0.5) is 0 Å². The molecule has 1 aliphatic rings. The Morgan fingerprint density at radius 1 is 1.12 bits per heavy atom. The second-order valence-electron chi connectivity index (χ2n) is 7.75. The smallest absolute Gasteiger partial charge is 0.265 e. The fourth-order valence-corrected chi connectivity index (χ4v) is 5.43. The molecule has 1 fully saturated rings. The fourth-order valence-electron chi connectivity index (χ4n) is 3.75. The zero-order valence-electron chi connectivity index (χ0n) is 17.9. The van der Waals surface area contributed by atoms with Crippen LogP contribution in [0.5, 0.6) is 0 Å². The van der Waals surface area contributed by atoms with Crippen LogP contribution >= 0.6 is 11.6 Å². The summed E-state index contributed by atoms with van der Waals surface area (Å²) < 4.78 is 30.2. The normalized spacial score (nSPS) is 15.0. The fraction of sp³-hybridized carbons (Fsp3) is 0.286. The van der Waals surface area contributed by atoms with Gasteiger partial charge in [0.25, 0.3) is 11.8 Å². The van der Waals surface area contributed by atoms with E-state index >= 15 is 0 Å². The number of halogens is 1. The van der Waals surface area contributed by atoms with Crippen molar-refractivity contribution in [2.45, 2.75) is 11.4 Å². The van der Waals surface area contributed by atoms with Crippen molar-refractivity contribution in [3.8, 4) is 0 Å². The number of carbonyl (C=O) groups excluding carboxylic acids is 2. The zero-order chi connectivity index (χ0) is 23.8. The highest BCUT2D eigenvalue weighted by Gasteiger charge is 2.32. The number of aromatic nitrogens is 3. The summed E-state index contributed by atoms with van der Waals surface area (Å²) in [7, 11) is -2.25. The quantitative estimate of drug-likeness (QED) is 0.555. The molecule has 0 bridgehead atoms. The molecule has 0 spiro atoms. The number of benzene rings is 1. The number of carbonyl (C=O) groups is 2. The lowest BCUT2D eigenvalue weighted by Gasteiger charge is -2.33. The lowest BCUT2D eigenvalue weighted by atomic mass is 10.2. The standard InChI is InChI=1S/C21H23ClN6O4S/c1-25-14-17(10-19(25)20(23)29)33(31,32)28-8-6-26(7-9-28)21(30)16-11-24-27(13-16)12-15-4-2-3-5-18(15)22/h2-5,10-11,13-14H,6-9,12H2,1H3,(H2,23,29). The van der Waals surface area contributed by atoms with Crippen molar-refractivity contribution in [3.63, 3.8) is 0 Å². The van der Waals surface area contributed by atoms with Crippen molar-refractivity contribution in [1.29, 1.82) is 0 Å². The molecule has 0 radical (unpaired) electrons. The third-order valence-electron chi connectivity index (χ3n) is 5.57. The molecule has 0 atom stereocenters. The molecular weight excluding hydrogens is 468 g/mol. The first-order valence-corrected chi connectivity index (χ1v) is 12.0. The summed E-state index contributed by atoms with van der Waals surface area (Å²) in [4.78, 5) is 26.0. The Morgan fingerprint density at radius 3 is 2.45 bits per heavy atom. The molecule has 10 nitrogen and oxygen atoms in total. The topological polar surface area (TPSA) is 124 Å². The van der Waals surface area contributed by atoms with Crippen molar-refractivity contribution in [2.75, 3.05) is 26.2 Å². The first-order valence-electron chi connectivity index (χ1n) is 10.2.